The van der Waals surface area contributed by atoms with Crippen LogP contribution in [0.25, 0.3) is 0 Å². The fraction of sp³-hybridized carbons (Fsp3) is 0.700. The standard InChI is InChI=1S/C10H17BrN2/c1-9-10(2)13(8-12-9)7-5-3-4-6-11/h8H,3-7H2,1-2H3. The maximum Gasteiger partial charge on any atom is 0.0951 e. The summed E-state index contributed by atoms with van der Waals surface area (Å²) in [6.45, 7) is 5.30. The van der Waals surface area contributed by atoms with E-state index in [1.807, 2.05) is 6.33 Å². The molecule has 0 aliphatic heterocycles. The van der Waals surface area contributed by atoms with Crippen molar-refractivity contribution in [2.45, 2.75) is 39.7 Å². The number of rotatable bonds is 5. The first-order chi connectivity index (χ1) is 6.25. The Morgan fingerprint density at radius 2 is 2.08 bits per heavy atom. The van der Waals surface area contributed by atoms with Crippen molar-refractivity contribution in [3.05, 3.63) is 17.7 Å². The van der Waals surface area contributed by atoms with Gasteiger partial charge in [-0.15, -0.1) is 0 Å². The number of aryl methyl sites for hydroxylation is 2. The normalized spacial score (nSPS) is 10.7. The first-order valence-corrected chi connectivity index (χ1v) is 5.92. The van der Waals surface area contributed by atoms with Crippen molar-refractivity contribution in [2.75, 3.05) is 5.33 Å². The topological polar surface area (TPSA) is 17.8 Å². The molecule has 0 radical (unpaired) electrons. The monoisotopic (exact) mass is 244 g/mol. The van der Waals surface area contributed by atoms with Crippen LogP contribution in [0, 0.1) is 13.8 Å². The smallest absolute Gasteiger partial charge is 0.0951 e. The molecule has 0 N–H and O–H groups in total. The van der Waals surface area contributed by atoms with Crippen LogP contribution in [0.5, 0.6) is 0 Å². The molecule has 74 valence electrons. The third-order valence-corrected chi connectivity index (χ3v) is 2.94. The number of unbranched alkanes of at least 4 members (excludes halogenated alkanes) is 2. The molecule has 1 aromatic rings. The van der Waals surface area contributed by atoms with Gasteiger partial charge in [0.15, 0.2) is 0 Å². The van der Waals surface area contributed by atoms with Crippen molar-refractivity contribution in [3.8, 4) is 0 Å². The number of alkyl halides is 1. The lowest BCUT2D eigenvalue weighted by atomic mass is 10.2. The minimum atomic E-state index is 1.11. The summed E-state index contributed by atoms with van der Waals surface area (Å²) in [5.41, 5.74) is 2.46. The van der Waals surface area contributed by atoms with Gasteiger partial charge in [-0.05, 0) is 26.7 Å². The molecule has 1 rings (SSSR count). The van der Waals surface area contributed by atoms with Crippen molar-refractivity contribution < 1.29 is 0 Å². The highest BCUT2D eigenvalue weighted by atomic mass is 79.9. The quantitative estimate of drug-likeness (QED) is 0.575. The highest BCUT2D eigenvalue weighted by molar-refractivity contribution is 9.09. The van der Waals surface area contributed by atoms with Gasteiger partial charge in [-0.25, -0.2) is 4.98 Å². The molecular weight excluding hydrogens is 228 g/mol. The van der Waals surface area contributed by atoms with Gasteiger partial charge in [0.25, 0.3) is 0 Å². The Morgan fingerprint density at radius 3 is 2.62 bits per heavy atom. The van der Waals surface area contributed by atoms with Crippen LogP contribution in [-0.4, -0.2) is 14.9 Å². The number of hydrogen-bond acceptors (Lipinski definition) is 1. The predicted molar refractivity (Wildman–Crippen MR) is 59.3 cm³/mol. The summed E-state index contributed by atoms with van der Waals surface area (Å²) in [6, 6.07) is 0. The number of imidazole rings is 1. The maximum atomic E-state index is 4.27. The minimum absolute atomic E-state index is 1.11. The Kier molecular flexibility index (Phi) is 4.50. The summed E-state index contributed by atoms with van der Waals surface area (Å²) < 4.78 is 2.24. The molecule has 0 saturated heterocycles. The second kappa shape index (κ2) is 5.43. The molecular formula is C10H17BrN2. The Balaban J connectivity index is 2.32. The maximum absolute atomic E-state index is 4.27. The first-order valence-electron chi connectivity index (χ1n) is 4.80. The molecule has 0 fully saturated rings. The third-order valence-electron chi connectivity index (χ3n) is 2.38. The molecule has 1 aromatic heterocycles. The molecule has 3 heteroatoms. The van der Waals surface area contributed by atoms with Crippen LogP contribution in [0.3, 0.4) is 0 Å². The molecule has 2 nitrogen and oxygen atoms in total. The van der Waals surface area contributed by atoms with E-state index in [1.54, 1.807) is 0 Å². The summed E-state index contributed by atoms with van der Waals surface area (Å²) in [7, 11) is 0. The summed E-state index contributed by atoms with van der Waals surface area (Å²) in [5, 5.41) is 1.12. The van der Waals surface area contributed by atoms with Crippen molar-refractivity contribution in [1.82, 2.24) is 9.55 Å². The molecule has 0 unspecified atom stereocenters. The molecule has 0 spiro atoms. The molecule has 0 aliphatic rings. The minimum Gasteiger partial charge on any atom is -0.335 e. The number of hydrogen-bond donors (Lipinski definition) is 0. The van der Waals surface area contributed by atoms with Crippen LogP contribution in [-0.2, 0) is 6.54 Å². The van der Waals surface area contributed by atoms with Gasteiger partial charge in [0.1, 0.15) is 0 Å². The van der Waals surface area contributed by atoms with E-state index in [0.717, 1.165) is 17.6 Å². The van der Waals surface area contributed by atoms with Crippen molar-refractivity contribution >= 4 is 15.9 Å². The van der Waals surface area contributed by atoms with E-state index in [4.69, 9.17) is 0 Å². The van der Waals surface area contributed by atoms with Gasteiger partial charge in [-0.1, -0.05) is 22.4 Å². The molecule has 0 aromatic carbocycles. The van der Waals surface area contributed by atoms with Crippen molar-refractivity contribution in [2.24, 2.45) is 0 Å². The zero-order valence-electron chi connectivity index (χ0n) is 8.39. The van der Waals surface area contributed by atoms with E-state index in [-0.39, 0.29) is 0 Å². The van der Waals surface area contributed by atoms with Gasteiger partial charge in [0.05, 0.1) is 12.0 Å². The van der Waals surface area contributed by atoms with Crippen LogP contribution < -0.4 is 0 Å². The Bertz CT molecular complexity index is 255. The molecule has 0 bridgehead atoms. The van der Waals surface area contributed by atoms with Crippen molar-refractivity contribution in [1.29, 1.82) is 0 Å². The molecule has 0 atom stereocenters. The Labute approximate surface area is 88.5 Å². The van der Waals surface area contributed by atoms with Crippen LogP contribution in [0.15, 0.2) is 6.33 Å². The lowest BCUT2D eigenvalue weighted by Gasteiger charge is -2.04. The summed E-state index contributed by atoms with van der Waals surface area (Å²) >= 11 is 3.44. The zero-order valence-corrected chi connectivity index (χ0v) is 9.97. The highest BCUT2D eigenvalue weighted by Gasteiger charge is 2.00. The Morgan fingerprint density at radius 1 is 1.31 bits per heavy atom. The first kappa shape index (κ1) is 10.8. The van der Waals surface area contributed by atoms with Gasteiger partial charge in [-0.2, -0.15) is 0 Å². The van der Waals surface area contributed by atoms with E-state index >= 15 is 0 Å². The summed E-state index contributed by atoms with van der Waals surface area (Å²) in [4.78, 5) is 4.27. The molecule has 0 aliphatic carbocycles. The largest absolute Gasteiger partial charge is 0.335 e. The number of aromatic nitrogens is 2. The second-order valence-electron chi connectivity index (χ2n) is 3.36. The van der Waals surface area contributed by atoms with Crippen LogP contribution >= 0.6 is 15.9 Å². The number of nitrogens with zero attached hydrogens (tertiary/aromatic N) is 2. The third kappa shape index (κ3) is 3.14. The average Bonchev–Trinajstić information content (AvgIpc) is 2.43. The fourth-order valence-electron chi connectivity index (χ4n) is 1.32. The van der Waals surface area contributed by atoms with Crippen LogP contribution in [0.4, 0.5) is 0 Å². The van der Waals surface area contributed by atoms with E-state index in [1.165, 1.54) is 25.0 Å². The second-order valence-corrected chi connectivity index (χ2v) is 4.15. The summed E-state index contributed by atoms with van der Waals surface area (Å²) in [6.07, 6.45) is 5.76. The van der Waals surface area contributed by atoms with E-state index < -0.39 is 0 Å². The molecule has 0 amide bonds. The fourth-order valence-corrected chi connectivity index (χ4v) is 1.72. The lowest BCUT2D eigenvalue weighted by molar-refractivity contribution is 0.594. The van der Waals surface area contributed by atoms with Gasteiger partial charge in [-0.3, -0.25) is 0 Å². The summed E-state index contributed by atoms with van der Waals surface area (Å²) in [5.74, 6) is 0. The van der Waals surface area contributed by atoms with E-state index in [0.29, 0.717) is 0 Å². The molecule has 0 saturated carbocycles. The van der Waals surface area contributed by atoms with Crippen LogP contribution in [0.1, 0.15) is 30.7 Å². The SMILES string of the molecule is Cc1ncn(CCCCCBr)c1C. The van der Waals surface area contributed by atoms with E-state index in [9.17, 15) is 0 Å². The van der Waals surface area contributed by atoms with Gasteiger partial charge >= 0.3 is 0 Å². The van der Waals surface area contributed by atoms with Gasteiger partial charge in [0, 0.05) is 17.6 Å². The zero-order chi connectivity index (χ0) is 9.68. The van der Waals surface area contributed by atoms with Crippen LogP contribution in [0.2, 0.25) is 0 Å². The molecule has 13 heavy (non-hydrogen) atoms. The lowest BCUT2D eigenvalue weighted by Crippen LogP contribution is -1.99. The number of halogens is 1. The molecule has 1 heterocycles. The average molecular weight is 245 g/mol. The van der Waals surface area contributed by atoms with E-state index in [2.05, 4.69) is 39.3 Å². The highest BCUT2D eigenvalue weighted by Crippen LogP contribution is 2.07. The van der Waals surface area contributed by atoms with Gasteiger partial charge < -0.3 is 4.57 Å². The van der Waals surface area contributed by atoms with Gasteiger partial charge in [0.2, 0.25) is 0 Å². The predicted octanol–water partition coefficient (Wildman–Crippen LogP) is 3.07. The van der Waals surface area contributed by atoms with Crippen molar-refractivity contribution in [3.63, 3.8) is 0 Å². The Hall–Kier alpha value is -0.310.